The van der Waals surface area contributed by atoms with Crippen LogP contribution in [0.2, 0.25) is 0 Å². The van der Waals surface area contributed by atoms with Gasteiger partial charge in [0.1, 0.15) is 0 Å². The molecule has 3 aliphatic heterocycles. The molecule has 1 aromatic carbocycles. The topological polar surface area (TPSA) is 55.9 Å². The second-order valence-corrected chi connectivity index (χ2v) is 9.86. The van der Waals surface area contributed by atoms with E-state index in [1.165, 1.54) is 19.3 Å². The molecule has 1 saturated carbocycles. The van der Waals surface area contributed by atoms with Gasteiger partial charge in [-0.1, -0.05) is 43.2 Å². The Kier molecular flexibility index (Phi) is 6.17. The van der Waals surface area contributed by atoms with E-state index < -0.39 is 0 Å². The Bertz CT molecular complexity index is 769. The molecule has 31 heavy (non-hydrogen) atoms. The number of urea groups is 1. The van der Waals surface area contributed by atoms with Gasteiger partial charge in [-0.05, 0) is 44.1 Å². The lowest BCUT2D eigenvalue weighted by atomic mass is 9.89. The van der Waals surface area contributed by atoms with Crippen LogP contribution in [0.1, 0.15) is 56.9 Å². The minimum atomic E-state index is 0.181. The van der Waals surface area contributed by atoms with Gasteiger partial charge >= 0.3 is 6.03 Å². The highest BCUT2D eigenvalue weighted by molar-refractivity contribution is 5.79. The van der Waals surface area contributed by atoms with Gasteiger partial charge in [-0.15, -0.1) is 0 Å². The molecule has 1 aliphatic carbocycles. The summed E-state index contributed by atoms with van der Waals surface area (Å²) in [6.45, 7) is 3.89. The van der Waals surface area contributed by atoms with Gasteiger partial charge < -0.3 is 20.0 Å². The van der Waals surface area contributed by atoms with Gasteiger partial charge in [0.15, 0.2) is 0 Å². The third kappa shape index (κ3) is 4.45. The van der Waals surface area contributed by atoms with Crippen LogP contribution in [0.5, 0.6) is 0 Å². The Morgan fingerprint density at radius 2 is 1.55 bits per heavy atom. The average Bonchev–Trinajstić information content (AvgIpc) is 3.15. The van der Waals surface area contributed by atoms with Crippen molar-refractivity contribution in [1.29, 1.82) is 0 Å². The molecule has 3 saturated heterocycles. The molecule has 0 aromatic heterocycles. The normalized spacial score (nSPS) is 28.5. The molecule has 1 aromatic rings. The summed E-state index contributed by atoms with van der Waals surface area (Å²) in [7, 11) is 0. The van der Waals surface area contributed by atoms with E-state index in [-0.39, 0.29) is 11.9 Å². The van der Waals surface area contributed by atoms with E-state index in [0.29, 0.717) is 30.6 Å². The lowest BCUT2D eigenvalue weighted by Gasteiger charge is -2.44. The van der Waals surface area contributed by atoms with Crippen molar-refractivity contribution in [3.05, 3.63) is 35.9 Å². The van der Waals surface area contributed by atoms with Crippen molar-refractivity contribution in [2.45, 2.75) is 82.0 Å². The number of benzene rings is 1. The lowest BCUT2D eigenvalue weighted by molar-refractivity contribution is -0.132. The summed E-state index contributed by atoms with van der Waals surface area (Å²) in [6.07, 6.45) is 9.64. The van der Waals surface area contributed by atoms with Crippen molar-refractivity contribution >= 4 is 11.9 Å². The molecule has 3 heterocycles. The average molecular weight is 425 g/mol. The van der Waals surface area contributed by atoms with E-state index in [9.17, 15) is 9.59 Å². The van der Waals surface area contributed by atoms with Crippen molar-refractivity contribution in [1.82, 2.24) is 20.0 Å². The van der Waals surface area contributed by atoms with Crippen LogP contribution in [-0.4, -0.2) is 77.0 Å². The molecule has 6 heteroatoms. The minimum absolute atomic E-state index is 0.181. The Morgan fingerprint density at radius 3 is 2.29 bits per heavy atom. The van der Waals surface area contributed by atoms with Crippen LogP contribution in [0.3, 0.4) is 0 Å². The standard InChI is InChI=1S/C25H36N4O2/c30-24(18-19-6-2-1-3-7-19)28-16-10-20(11-17-28)27-14-12-21(13-15-27)29-23-9-5-4-8-22(23)26-25(29)31/h1-3,6-7,20-23H,4-5,8-18H2,(H,26,31)/t22-,23-/m1/s1. The van der Waals surface area contributed by atoms with E-state index in [1.54, 1.807) is 0 Å². The first kappa shape index (κ1) is 20.8. The maximum Gasteiger partial charge on any atom is 0.318 e. The van der Waals surface area contributed by atoms with Gasteiger partial charge in [-0.2, -0.15) is 0 Å². The second-order valence-electron chi connectivity index (χ2n) is 9.86. The zero-order chi connectivity index (χ0) is 21.2. The fourth-order valence-corrected chi connectivity index (χ4v) is 6.32. The van der Waals surface area contributed by atoms with Crippen LogP contribution >= 0.6 is 0 Å². The van der Waals surface area contributed by atoms with Gasteiger partial charge in [-0.3, -0.25) is 4.79 Å². The summed E-state index contributed by atoms with van der Waals surface area (Å²) in [5.74, 6) is 0.255. The van der Waals surface area contributed by atoms with E-state index in [2.05, 4.69) is 15.1 Å². The quantitative estimate of drug-likeness (QED) is 0.808. The molecule has 4 aliphatic rings. The number of likely N-dealkylation sites (tertiary alicyclic amines) is 2. The molecule has 2 atom stereocenters. The number of fused-ring (bicyclic) bond motifs is 1. The zero-order valence-corrected chi connectivity index (χ0v) is 18.5. The third-order valence-corrected chi connectivity index (χ3v) is 8.05. The Labute approximate surface area is 185 Å². The molecule has 1 N–H and O–H groups in total. The highest BCUT2D eigenvalue weighted by atomic mass is 16.2. The van der Waals surface area contributed by atoms with Crippen LogP contribution in [0, 0.1) is 0 Å². The number of carbonyl (C=O) groups excluding carboxylic acids is 2. The number of piperidine rings is 2. The molecule has 6 nitrogen and oxygen atoms in total. The van der Waals surface area contributed by atoms with Crippen molar-refractivity contribution in [2.75, 3.05) is 26.2 Å². The van der Waals surface area contributed by atoms with Gasteiger partial charge in [0, 0.05) is 38.3 Å². The molecule has 3 amide bonds. The first-order valence-corrected chi connectivity index (χ1v) is 12.3. The van der Waals surface area contributed by atoms with Crippen molar-refractivity contribution in [2.24, 2.45) is 0 Å². The Balaban J connectivity index is 1.09. The summed E-state index contributed by atoms with van der Waals surface area (Å²) < 4.78 is 0. The van der Waals surface area contributed by atoms with E-state index in [0.717, 1.165) is 63.8 Å². The summed E-state index contributed by atoms with van der Waals surface area (Å²) in [4.78, 5) is 32.2. The number of carbonyl (C=O) groups is 2. The smallest absolute Gasteiger partial charge is 0.318 e. The maximum atomic E-state index is 12.7. The Hall–Kier alpha value is -2.08. The van der Waals surface area contributed by atoms with Gasteiger partial charge in [-0.25, -0.2) is 4.79 Å². The molecule has 0 spiro atoms. The van der Waals surface area contributed by atoms with Gasteiger partial charge in [0.2, 0.25) is 5.91 Å². The molecule has 5 rings (SSSR count). The number of hydrogen-bond acceptors (Lipinski definition) is 3. The SMILES string of the molecule is O=C(Cc1ccccc1)N1CCC(N2CCC(N3C(=O)N[C@@H]4CCCC[C@H]43)CC2)CC1. The van der Waals surface area contributed by atoms with Gasteiger partial charge in [0.25, 0.3) is 0 Å². The molecule has 4 fully saturated rings. The van der Waals surface area contributed by atoms with E-state index in [1.807, 2.05) is 35.2 Å². The minimum Gasteiger partial charge on any atom is -0.342 e. The van der Waals surface area contributed by atoms with E-state index in [4.69, 9.17) is 0 Å². The molecule has 168 valence electrons. The lowest BCUT2D eigenvalue weighted by Crippen LogP contribution is -2.53. The van der Waals surface area contributed by atoms with Crippen LogP contribution in [-0.2, 0) is 11.2 Å². The van der Waals surface area contributed by atoms with Crippen molar-refractivity contribution < 1.29 is 9.59 Å². The molecule has 0 bridgehead atoms. The summed E-state index contributed by atoms with van der Waals surface area (Å²) >= 11 is 0. The zero-order valence-electron chi connectivity index (χ0n) is 18.5. The maximum absolute atomic E-state index is 12.7. The van der Waals surface area contributed by atoms with Crippen molar-refractivity contribution in [3.8, 4) is 0 Å². The van der Waals surface area contributed by atoms with Crippen molar-refractivity contribution in [3.63, 3.8) is 0 Å². The summed E-state index contributed by atoms with van der Waals surface area (Å²) in [5, 5.41) is 3.25. The number of amides is 3. The molecule has 0 unspecified atom stereocenters. The summed E-state index contributed by atoms with van der Waals surface area (Å²) in [6, 6.07) is 12.0. The molecule has 0 radical (unpaired) electrons. The van der Waals surface area contributed by atoms with Crippen LogP contribution < -0.4 is 5.32 Å². The Morgan fingerprint density at radius 1 is 0.871 bits per heavy atom. The first-order chi connectivity index (χ1) is 15.2. The largest absolute Gasteiger partial charge is 0.342 e. The predicted octanol–water partition coefficient (Wildman–Crippen LogP) is 3.02. The predicted molar refractivity (Wildman–Crippen MR) is 121 cm³/mol. The van der Waals surface area contributed by atoms with E-state index >= 15 is 0 Å². The highest BCUT2D eigenvalue weighted by Gasteiger charge is 2.44. The third-order valence-electron chi connectivity index (χ3n) is 8.05. The number of rotatable bonds is 4. The van der Waals surface area contributed by atoms with Crippen LogP contribution in [0.4, 0.5) is 4.79 Å². The number of nitrogens with zero attached hydrogens (tertiary/aromatic N) is 3. The molecular weight excluding hydrogens is 388 g/mol. The first-order valence-electron chi connectivity index (χ1n) is 12.3. The highest BCUT2D eigenvalue weighted by Crippen LogP contribution is 2.33. The summed E-state index contributed by atoms with van der Waals surface area (Å²) in [5.41, 5.74) is 1.10. The second kappa shape index (κ2) is 9.19. The number of hydrogen-bond donors (Lipinski definition) is 1. The fraction of sp³-hybridized carbons (Fsp3) is 0.680. The van der Waals surface area contributed by atoms with Crippen LogP contribution in [0.25, 0.3) is 0 Å². The number of nitrogens with one attached hydrogen (secondary N) is 1. The monoisotopic (exact) mass is 424 g/mol. The fourth-order valence-electron chi connectivity index (χ4n) is 6.32. The van der Waals surface area contributed by atoms with Gasteiger partial charge in [0.05, 0.1) is 18.5 Å². The van der Waals surface area contributed by atoms with Crippen LogP contribution in [0.15, 0.2) is 30.3 Å². The molecular formula is C25H36N4O2.